The maximum absolute atomic E-state index is 10.2. The van der Waals surface area contributed by atoms with Crippen LogP contribution in [0, 0.1) is 0 Å². The molecule has 164 valence electrons. The number of hydrogen-bond acceptors (Lipinski definition) is 1. The first kappa shape index (κ1) is 19.4. The van der Waals surface area contributed by atoms with Crippen LogP contribution in [0.5, 0.6) is 0 Å². The molecule has 0 radical (unpaired) electrons. The van der Waals surface area contributed by atoms with Crippen molar-refractivity contribution in [3.05, 3.63) is 137 Å². The third-order valence-corrected chi connectivity index (χ3v) is 8.54. The minimum absolute atomic E-state index is 0.142. The molecule has 8 rings (SSSR count). The molecule has 2 atom stereocenters. The highest BCUT2D eigenvalue weighted by atomic mass is 16.2. The lowest BCUT2D eigenvalue weighted by Gasteiger charge is -2.35. The van der Waals surface area contributed by atoms with Gasteiger partial charge in [-0.15, -0.1) is 0 Å². The van der Waals surface area contributed by atoms with Crippen LogP contribution in [0.15, 0.2) is 115 Å². The highest BCUT2D eigenvalue weighted by Gasteiger charge is 2.54. The Morgan fingerprint density at radius 3 is 1.97 bits per heavy atom. The van der Waals surface area contributed by atoms with Crippen LogP contribution in [0.25, 0.3) is 38.2 Å². The summed E-state index contributed by atoms with van der Waals surface area (Å²) < 4.78 is 0. The largest absolute Gasteiger partial charge is 0.453 e. The number of allylic oxidation sites excluding steroid dienone is 4. The molecule has 1 nitrogen and oxygen atoms in total. The Balaban J connectivity index is 1.65. The molecule has 5 aromatic rings. The van der Waals surface area contributed by atoms with Crippen molar-refractivity contribution in [2.75, 3.05) is 0 Å². The molecule has 1 N–H and O–H groups in total. The first-order valence-electron chi connectivity index (χ1n) is 12.5. The van der Waals surface area contributed by atoms with Gasteiger partial charge in [0, 0.05) is 0 Å². The van der Waals surface area contributed by atoms with Gasteiger partial charge in [-0.2, -0.15) is 0 Å². The van der Waals surface area contributed by atoms with Crippen molar-refractivity contribution in [3.63, 3.8) is 0 Å². The van der Waals surface area contributed by atoms with Gasteiger partial charge in [-0.1, -0.05) is 109 Å². The molecular weight excluding hydrogens is 423 g/mol. The van der Waals surface area contributed by atoms with Crippen LogP contribution in [-0.2, 0) is 5.41 Å². The van der Waals surface area contributed by atoms with E-state index >= 15 is 0 Å². The third-order valence-electron chi connectivity index (χ3n) is 8.54. The summed E-state index contributed by atoms with van der Waals surface area (Å²) in [6, 6.07) is 35.8. The molecule has 0 aliphatic heterocycles. The van der Waals surface area contributed by atoms with Gasteiger partial charge in [-0.25, -0.2) is 0 Å². The number of rotatable bonds is 1. The summed E-state index contributed by atoms with van der Waals surface area (Å²) >= 11 is 0. The van der Waals surface area contributed by atoms with Gasteiger partial charge in [0.25, 0.3) is 7.48 Å². The highest BCUT2D eigenvalue weighted by molar-refractivity contribution is 6.29. The molecule has 35 heavy (non-hydrogen) atoms. The predicted octanol–water partition coefficient (Wildman–Crippen LogP) is 7.17. The van der Waals surface area contributed by atoms with Gasteiger partial charge in [0.2, 0.25) is 0 Å². The average Bonchev–Trinajstić information content (AvgIpc) is 3.40. The molecule has 0 saturated heterocycles. The maximum atomic E-state index is 10.2. The van der Waals surface area contributed by atoms with Crippen molar-refractivity contribution >= 4 is 34.6 Å². The van der Waals surface area contributed by atoms with E-state index in [4.69, 9.17) is 0 Å². The highest BCUT2D eigenvalue weighted by Crippen LogP contribution is 2.66. The minimum Gasteiger partial charge on any atom is -0.453 e. The second-order valence-corrected chi connectivity index (χ2v) is 10.1. The van der Waals surface area contributed by atoms with E-state index < -0.39 is 0 Å². The summed E-state index contributed by atoms with van der Waals surface area (Å²) in [6.07, 6.45) is 5.35. The van der Waals surface area contributed by atoms with E-state index in [0.717, 1.165) is 6.42 Å². The number of benzene rings is 5. The van der Waals surface area contributed by atoms with Gasteiger partial charge in [-0.05, 0) is 78.3 Å². The standard InChI is InChI=1S/C33H23BO/c35-34-20-17-18-24-23-11-5-7-15-28(23)33(30(24)19-20)29-16-8-6-14-27(29)31-25-12-3-1-9-21(25)22-10-2-4-13-26(22)32(31)33/h1-18,20,34-35H,19H2. The Hall–Kier alpha value is -3.88. The molecule has 0 fully saturated rings. The van der Waals surface area contributed by atoms with E-state index in [0.29, 0.717) is 0 Å². The van der Waals surface area contributed by atoms with E-state index in [9.17, 15) is 5.02 Å². The summed E-state index contributed by atoms with van der Waals surface area (Å²) in [5.41, 5.74) is 10.6. The van der Waals surface area contributed by atoms with Crippen molar-refractivity contribution in [1.82, 2.24) is 0 Å². The van der Waals surface area contributed by atoms with Crippen molar-refractivity contribution in [3.8, 4) is 11.1 Å². The van der Waals surface area contributed by atoms with E-state index in [1.54, 1.807) is 0 Å². The van der Waals surface area contributed by atoms with E-state index in [-0.39, 0.29) is 18.7 Å². The lowest BCUT2D eigenvalue weighted by atomic mass is 9.63. The van der Waals surface area contributed by atoms with Crippen LogP contribution in [-0.4, -0.2) is 12.5 Å². The first-order valence-corrected chi connectivity index (χ1v) is 12.5. The van der Waals surface area contributed by atoms with Gasteiger partial charge in [0.15, 0.2) is 0 Å². The van der Waals surface area contributed by atoms with E-state index in [2.05, 4.69) is 109 Å². The third kappa shape index (κ3) is 2.24. The molecular formula is C33H23BO. The zero-order valence-corrected chi connectivity index (χ0v) is 19.3. The predicted molar refractivity (Wildman–Crippen MR) is 147 cm³/mol. The van der Waals surface area contributed by atoms with Crippen LogP contribution in [0.4, 0.5) is 0 Å². The Bertz CT molecular complexity index is 1780. The fraction of sp³-hybridized carbons (Fsp3) is 0.0909. The lowest BCUT2D eigenvalue weighted by Crippen LogP contribution is -2.29. The molecule has 0 heterocycles. The molecule has 1 spiro atoms. The zero-order chi connectivity index (χ0) is 23.1. The normalized spacial score (nSPS) is 21.3. The van der Waals surface area contributed by atoms with E-state index in [1.165, 1.54) is 66.1 Å². The lowest BCUT2D eigenvalue weighted by molar-refractivity contribution is 0.581. The molecule has 3 aliphatic rings. The summed E-state index contributed by atoms with van der Waals surface area (Å²) in [5.74, 6) is 0.142. The van der Waals surface area contributed by atoms with Crippen molar-refractivity contribution in [2.24, 2.45) is 0 Å². The second-order valence-electron chi connectivity index (χ2n) is 10.1. The van der Waals surface area contributed by atoms with Gasteiger partial charge in [0.1, 0.15) is 0 Å². The molecule has 0 amide bonds. The quantitative estimate of drug-likeness (QED) is 0.214. The minimum atomic E-state index is -0.348. The van der Waals surface area contributed by atoms with Crippen LogP contribution in [0.3, 0.4) is 0 Å². The molecule has 0 aromatic heterocycles. The molecule has 3 aliphatic carbocycles. The monoisotopic (exact) mass is 446 g/mol. The summed E-state index contributed by atoms with van der Waals surface area (Å²) in [6.45, 7) is 0. The average molecular weight is 446 g/mol. The second kappa shape index (κ2) is 6.84. The zero-order valence-electron chi connectivity index (χ0n) is 19.3. The molecule has 2 unspecified atom stereocenters. The molecule has 0 bridgehead atoms. The Morgan fingerprint density at radius 1 is 0.657 bits per heavy atom. The van der Waals surface area contributed by atoms with Crippen molar-refractivity contribution in [2.45, 2.75) is 17.7 Å². The van der Waals surface area contributed by atoms with Gasteiger partial charge >= 0.3 is 0 Å². The SMILES string of the molecule is OBC1C=CC2=C(C1)C1(c3ccccc32)c2ccccc2-c2c1c1ccccc1c1ccccc21. The summed E-state index contributed by atoms with van der Waals surface area (Å²) in [4.78, 5) is 0. The van der Waals surface area contributed by atoms with Crippen LogP contribution >= 0.6 is 0 Å². The first-order chi connectivity index (χ1) is 17.3. The molecule has 5 aromatic carbocycles. The summed E-state index contributed by atoms with van der Waals surface area (Å²) in [5, 5.41) is 15.5. The Kier molecular flexibility index (Phi) is 3.80. The van der Waals surface area contributed by atoms with Crippen LogP contribution in [0.2, 0.25) is 5.82 Å². The van der Waals surface area contributed by atoms with Crippen molar-refractivity contribution < 1.29 is 5.02 Å². The smallest absolute Gasteiger partial charge is 0.278 e. The number of fused-ring (bicyclic) bond motifs is 14. The van der Waals surface area contributed by atoms with Gasteiger partial charge in [-0.3, -0.25) is 0 Å². The Morgan fingerprint density at radius 2 is 1.23 bits per heavy atom. The van der Waals surface area contributed by atoms with Gasteiger partial charge in [0.05, 0.1) is 5.41 Å². The van der Waals surface area contributed by atoms with Gasteiger partial charge < -0.3 is 5.02 Å². The summed E-state index contributed by atoms with van der Waals surface area (Å²) in [7, 11) is 0.173. The number of hydrogen-bond donors (Lipinski definition) is 1. The van der Waals surface area contributed by atoms with E-state index in [1.807, 2.05) is 0 Å². The van der Waals surface area contributed by atoms with Crippen molar-refractivity contribution in [1.29, 1.82) is 0 Å². The van der Waals surface area contributed by atoms with Crippen LogP contribution in [0.1, 0.15) is 28.7 Å². The topological polar surface area (TPSA) is 20.2 Å². The molecule has 0 saturated carbocycles. The molecule has 2 heteroatoms. The maximum Gasteiger partial charge on any atom is 0.278 e. The Labute approximate surface area is 205 Å². The van der Waals surface area contributed by atoms with Crippen LogP contribution < -0.4 is 0 Å². The fourth-order valence-electron chi connectivity index (χ4n) is 7.28. The fourth-order valence-corrected chi connectivity index (χ4v) is 7.28.